The Labute approximate surface area is 115 Å². The molecule has 1 aliphatic rings. The molecule has 1 aliphatic heterocycles. The highest BCUT2D eigenvalue weighted by Gasteiger charge is 2.27. The second-order valence-electron chi connectivity index (χ2n) is 5.42. The third-order valence-corrected chi connectivity index (χ3v) is 3.88. The fraction of sp³-hybridized carbons (Fsp3) is 0.533. The van der Waals surface area contributed by atoms with Crippen molar-refractivity contribution in [3.63, 3.8) is 0 Å². The van der Waals surface area contributed by atoms with Gasteiger partial charge in [-0.3, -0.25) is 9.69 Å². The Kier molecular flexibility index (Phi) is 4.56. The highest BCUT2D eigenvalue weighted by molar-refractivity contribution is 5.95. The van der Waals surface area contributed by atoms with Gasteiger partial charge in [-0.2, -0.15) is 0 Å². The maximum Gasteiger partial charge on any atom is 0.241 e. The Morgan fingerprint density at radius 2 is 2.26 bits per heavy atom. The first-order valence-electron chi connectivity index (χ1n) is 6.94. The summed E-state index contributed by atoms with van der Waals surface area (Å²) >= 11 is 0. The molecule has 4 heteroatoms. The van der Waals surface area contributed by atoms with Gasteiger partial charge < -0.3 is 11.1 Å². The van der Waals surface area contributed by atoms with Gasteiger partial charge in [0.15, 0.2) is 0 Å². The van der Waals surface area contributed by atoms with Crippen molar-refractivity contribution in [2.45, 2.75) is 32.9 Å². The van der Waals surface area contributed by atoms with E-state index in [0.29, 0.717) is 12.5 Å². The number of nitrogens with one attached hydrogen (secondary N) is 1. The predicted molar refractivity (Wildman–Crippen MR) is 77.8 cm³/mol. The lowest BCUT2D eigenvalue weighted by atomic mass is 10.1. The summed E-state index contributed by atoms with van der Waals surface area (Å²) < 4.78 is 0. The smallest absolute Gasteiger partial charge is 0.241 e. The van der Waals surface area contributed by atoms with Gasteiger partial charge in [0.2, 0.25) is 5.91 Å². The van der Waals surface area contributed by atoms with Crippen LogP contribution in [0.4, 0.5) is 5.69 Å². The zero-order chi connectivity index (χ0) is 13.8. The molecule has 2 unspecified atom stereocenters. The Hall–Kier alpha value is -1.39. The maximum absolute atomic E-state index is 12.3. The molecule has 2 atom stereocenters. The summed E-state index contributed by atoms with van der Waals surface area (Å²) in [5.74, 6) is 0.738. The molecule has 1 aromatic carbocycles. The summed E-state index contributed by atoms with van der Waals surface area (Å²) in [5, 5.41) is 2.99. The number of anilines is 1. The van der Waals surface area contributed by atoms with Crippen LogP contribution in [-0.2, 0) is 11.3 Å². The number of nitrogens with zero attached hydrogens (tertiary/aromatic N) is 1. The van der Waals surface area contributed by atoms with Gasteiger partial charge in [0.05, 0.1) is 6.04 Å². The van der Waals surface area contributed by atoms with E-state index in [2.05, 4.69) is 17.1 Å². The molecule has 3 N–H and O–H groups in total. The van der Waals surface area contributed by atoms with E-state index in [0.717, 1.165) is 24.3 Å². The minimum absolute atomic E-state index is 0.0509. The Balaban J connectivity index is 2.00. The third kappa shape index (κ3) is 3.33. The second-order valence-corrected chi connectivity index (χ2v) is 5.42. The number of likely N-dealkylation sites (tertiary alicyclic amines) is 1. The average Bonchev–Trinajstić information content (AvgIpc) is 2.85. The van der Waals surface area contributed by atoms with Crippen molar-refractivity contribution < 1.29 is 4.79 Å². The van der Waals surface area contributed by atoms with Crippen LogP contribution in [0.2, 0.25) is 0 Å². The summed E-state index contributed by atoms with van der Waals surface area (Å²) in [6, 6.07) is 7.61. The normalized spacial score (nSPS) is 21.3. The molecule has 4 nitrogen and oxygen atoms in total. The van der Waals surface area contributed by atoms with E-state index in [9.17, 15) is 4.79 Å². The lowest BCUT2D eigenvalue weighted by Crippen LogP contribution is -2.40. The molecule has 0 bridgehead atoms. The first-order chi connectivity index (χ1) is 9.11. The van der Waals surface area contributed by atoms with Crippen molar-refractivity contribution in [2.75, 3.05) is 18.4 Å². The number of benzene rings is 1. The van der Waals surface area contributed by atoms with Crippen LogP contribution in [0.25, 0.3) is 0 Å². The van der Waals surface area contributed by atoms with E-state index in [1.165, 1.54) is 6.42 Å². The van der Waals surface area contributed by atoms with Crippen LogP contribution in [0.15, 0.2) is 24.3 Å². The molecule has 104 valence electrons. The van der Waals surface area contributed by atoms with Gasteiger partial charge in [0, 0.05) is 18.8 Å². The maximum atomic E-state index is 12.3. The molecule has 0 saturated carbocycles. The highest BCUT2D eigenvalue weighted by Crippen LogP contribution is 2.19. The molecule has 1 amide bonds. The molecule has 1 saturated heterocycles. The number of hydrogen-bond donors (Lipinski definition) is 2. The van der Waals surface area contributed by atoms with Crippen molar-refractivity contribution >= 4 is 11.6 Å². The Morgan fingerprint density at radius 1 is 1.53 bits per heavy atom. The Morgan fingerprint density at radius 3 is 2.89 bits per heavy atom. The summed E-state index contributed by atoms with van der Waals surface area (Å²) in [5.41, 5.74) is 7.48. The van der Waals surface area contributed by atoms with Crippen molar-refractivity contribution in [3.8, 4) is 0 Å². The molecule has 0 aliphatic carbocycles. The fourth-order valence-electron chi connectivity index (χ4n) is 2.54. The van der Waals surface area contributed by atoms with Gasteiger partial charge in [0.25, 0.3) is 0 Å². The molecule has 19 heavy (non-hydrogen) atoms. The number of carbonyl (C=O) groups excluding carboxylic acids is 1. The van der Waals surface area contributed by atoms with Gasteiger partial charge in [-0.25, -0.2) is 0 Å². The lowest BCUT2D eigenvalue weighted by molar-refractivity contribution is -0.120. The third-order valence-electron chi connectivity index (χ3n) is 3.88. The van der Waals surface area contributed by atoms with Crippen molar-refractivity contribution in [3.05, 3.63) is 29.8 Å². The average molecular weight is 261 g/mol. The van der Waals surface area contributed by atoms with Crippen LogP contribution in [0, 0.1) is 5.92 Å². The van der Waals surface area contributed by atoms with E-state index in [4.69, 9.17) is 5.73 Å². The molecule has 0 radical (unpaired) electrons. The zero-order valence-corrected chi connectivity index (χ0v) is 11.7. The van der Waals surface area contributed by atoms with Crippen molar-refractivity contribution in [1.29, 1.82) is 0 Å². The summed E-state index contributed by atoms with van der Waals surface area (Å²) in [6.45, 7) is 6.65. The molecule has 2 rings (SSSR count). The van der Waals surface area contributed by atoms with Crippen LogP contribution < -0.4 is 11.1 Å². The molecular weight excluding hydrogens is 238 g/mol. The molecule has 0 aromatic heterocycles. The first kappa shape index (κ1) is 14.0. The molecular formula is C15H23N3O. The quantitative estimate of drug-likeness (QED) is 0.869. The summed E-state index contributed by atoms with van der Waals surface area (Å²) in [7, 11) is 0. The minimum Gasteiger partial charge on any atom is -0.326 e. The molecule has 0 spiro atoms. The van der Waals surface area contributed by atoms with Crippen LogP contribution in [-0.4, -0.2) is 29.9 Å². The van der Waals surface area contributed by atoms with E-state index < -0.39 is 0 Å². The van der Waals surface area contributed by atoms with Crippen LogP contribution in [0.3, 0.4) is 0 Å². The first-order valence-corrected chi connectivity index (χ1v) is 6.94. The predicted octanol–water partition coefficient (Wildman–Crippen LogP) is 1.81. The number of carbonyl (C=O) groups is 1. The summed E-state index contributed by atoms with van der Waals surface area (Å²) in [6.07, 6.45) is 1.18. The van der Waals surface area contributed by atoms with Gasteiger partial charge in [0.1, 0.15) is 0 Å². The lowest BCUT2D eigenvalue weighted by Gasteiger charge is -2.23. The van der Waals surface area contributed by atoms with E-state index in [1.807, 2.05) is 31.2 Å². The van der Waals surface area contributed by atoms with Gasteiger partial charge in [-0.05, 0) is 37.4 Å². The molecule has 1 fully saturated rings. The van der Waals surface area contributed by atoms with Gasteiger partial charge in [-0.15, -0.1) is 0 Å². The van der Waals surface area contributed by atoms with Crippen LogP contribution in [0.5, 0.6) is 0 Å². The van der Waals surface area contributed by atoms with Gasteiger partial charge in [-0.1, -0.05) is 25.1 Å². The highest BCUT2D eigenvalue weighted by atomic mass is 16.2. The zero-order valence-electron chi connectivity index (χ0n) is 11.7. The monoisotopic (exact) mass is 261 g/mol. The molecule has 1 heterocycles. The van der Waals surface area contributed by atoms with Crippen LogP contribution >= 0.6 is 0 Å². The van der Waals surface area contributed by atoms with E-state index in [1.54, 1.807) is 0 Å². The number of nitrogens with two attached hydrogens (primary N) is 1. The SMILES string of the molecule is CC1CCN(C(C)C(=O)Nc2ccccc2CN)C1. The fourth-order valence-corrected chi connectivity index (χ4v) is 2.54. The van der Waals surface area contributed by atoms with Crippen molar-refractivity contribution in [1.82, 2.24) is 4.90 Å². The number of rotatable bonds is 4. The largest absolute Gasteiger partial charge is 0.326 e. The number of hydrogen-bond acceptors (Lipinski definition) is 3. The van der Waals surface area contributed by atoms with Crippen LogP contribution in [0.1, 0.15) is 25.8 Å². The topological polar surface area (TPSA) is 58.4 Å². The minimum atomic E-state index is -0.0872. The van der Waals surface area contributed by atoms with Crippen molar-refractivity contribution in [2.24, 2.45) is 11.7 Å². The van der Waals surface area contributed by atoms with E-state index >= 15 is 0 Å². The number of amides is 1. The Bertz CT molecular complexity index is 447. The second kappa shape index (κ2) is 6.17. The summed E-state index contributed by atoms with van der Waals surface area (Å²) in [4.78, 5) is 14.5. The standard InChI is InChI=1S/C15H23N3O/c1-11-7-8-18(10-11)12(2)15(19)17-14-6-4-3-5-13(14)9-16/h3-6,11-12H,7-10,16H2,1-2H3,(H,17,19). The van der Waals surface area contributed by atoms with E-state index in [-0.39, 0.29) is 11.9 Å². The molecule has 1 aromatic rings. The van der Waals surface area contributed by atoms with Gasteiger partial charge >= 0.3 is 0 Å². The number of para-hydroxylation sites is 1.